The number of nitrogens with one attached hydrogen (secondary N) is 1. The van der Waals surface area contributed by atoms with Crippen LogP contribution in [0.2, 0.25) is 5.02 Å². The van der Waals surface area contributed by atoms with Gasteiger partial charge in [0.15, 0.2) is 17.8 Å². The van der Waals surface area contributed by atoms with Crippen LogP contribution in [0.25, 0.3) is 0 Å². The van der Waals surface area contributed by atoms with Gasteiger partial charge in [0.1, 0.15) is 5.82 Å². The molecule has 2 aromatic carbocycles. The highest BCUT2D eigenvalue weighted by molar-refractivity contribution is 6.33. The van der Waals surface area contributed by atoms with Gasteiger partial charge in [-0.1, -0.05) is 41.9 Å². The quantitative estimate of drug-likeness (QED) is 0.691. The van der Waals surface area contributed by atoms with Gasteiger partial charge in [-0.3, -0.25) is 4.79 Å². The number of amides is 1. The number of carbonyl (C=O) groups is 1. The van der Waals surface area contributed by atoms with E-state index in [1.807, 2.05) is 47.8 Å². The van der Waals surface area contributed by atoms with Crippen LogP contribution in [-0.2, 0) is 4.79 Å². The van der Waals surface area contributed by atoms with Crippen LogP contribution >= 0.6 is 11.6 Å². The summed E-state index contributed by atoms with van der Waals surface area (Å²) in [5, 5.41) is 4.82. The largest absolute Gasteiger partial charge is 0.463 e. The smallest absolute Gasteiger partial charge is 0.282 e. The highest BCUT2D eigenvalue weighted by Gasteiger charge is 2.27. The Hall–Kier alpha value is -2.63. The Labute approximate surface area is 156 Å². The minimum absolute atomic E-state index is 0.157. The van der Waals surface area contributed by atoms with Crippen LogP contribution in [0.5, 0.6) is 0 Å². The van der Waals surface area contributed by atoms with E-state index in [0.717, 1.165) is 11.3 Å². The summed E-state index contributed by atoms with van der Waals surface area (Å²) in [7, 11) is 0. The molecule has 0 fully saturated rings. The van der Waals surface area contributed by atoms with Crippen LogP contribution < -0.4 is 10.6 Å². The third-order valence-electron chi connectivity index (χ3n) is 4.09. The average molecular weight is 374 g/mol. The van der Waals surface area contributed by atoms with Gasteiger partial charge >= 0.3 is 0 Å². The third kappa shape index (κ3) is 4.31. The molecule has 0 saturated carbocycles. The zero-order valence-electron chi connectivity index (χ0n) is 14.2. The molecule has 0 aliphatic heterocycles. The van der Waals surface area contributed by atoms with Gasteiger partial charge in [0, 0.05) is 5.56 Å². The summed E-state index contributed by atoms with van der Waals surface area (Å²) < 4.78 is 18.7. The van der Waals surface area contributed by atoms with Gasteiger partial charge in [0.25, 0.3) is 5.91 Å². The maximum Gasteiger partial charge on any atom is 0.282 e. The monoisotopic (exact) mass is 373 g/mol. The zero-order chi connectivity index (χ0) is 18.5. The van der Waals surface area contributed by atoms with Gasteiger partial charge < -0.3 is 15.1 Å². The molecular weight excluding hydrogens is 355 g/mol. The fraction of sp³-hybridized carbons (Fsp3) is 0.150. The second kappa shape index (κ2) is 8.17. The molecule has 3 rings (SSSR count). The molecule has 26 heavy (non-hydrogen) atoms. The number of hydrogen-bond donors (Lipinski definition) is 2. The summed E-state index contributed by atoms with van der Waals surface area (Å²) in [6, 6.07) is 16.8. The van der Waals surface area contributed by atoms with E-state index in [2.05, 4.69) is 5.32 Å². The summed E-state index contributed by atoms with van der Waals surface area (Å²) in [6.45, 7) is 1.80. The van der Waals surface area contributed by atoms with Crippen LogP contribution in [0.4, 0.5) is 10.1 Å². The van der Waals surface area contributed by atoms with Crippen molar-refractivity contribution in [1.29, 1.82) is 0 Å². The van der Waals surface area contributed by atoms with E-state index >= 15 is 0 Å². The number of nitrogens with two attached hydrogens (primary N) is 1. The number of carbonyl (C=O) groups excluding carboxylic acids is 1. The predicted octanol–water partition coefficient (Wildman–Crippen LogP) is 3.75. The van der Waals surface area contributed by atoms with Gasteiger partial charge in [0.05, 0.1) is 17.0 Å². The molecule has 0 bridgehead atoms. The normalized spacial score (nSPS) is 13.2. The Bertz CT molecular complexity index is 869. The second-order valence-corrected chi connectivity index (χ2v) is 6.41. The number of benzene rings is 2. The summed E-state index contributed by atoms with van der Waals surface area (Å²) in [5.41, 5.74) is 1.41. The van der Waals surface area contributed by atoms with Gasteiger partial charge in [-0.25, -0.2) is 4.39 Å². The van der Waals surface area contributed by atoms with E-state index < -0.39 is 11.9 Å². The molecule has 2 atom stereocenters. The minimum Gasteiger partial charge on any atom is -0.463 e. The van der Waals surface area contributed by atoms with Crippen LogP contribution in [0.15, 0.2) is 71.3 Å². The fourth-order valence-corrected chi connectivity index (χ4v) is 2.93. The molecule has 1 amide bonds. The second-order valence-electron chi connectivity index (χ2n) is 6.00. The van der Waals surface area contributed by atoms with Crippen molar-refractivity contribution in [3.05, 3.63) is 89.1 Å². The highest BCUT2D eigenvalue weighted by Crippen LogP contribution is 2.23. The Balaban J connectivity index is 1.75. The first-order valence-corrected chi connectivity index (χ1v) is 8.61. The Morgan fingerprint density at radius 3 is 2.58 bits per heavy atom. The molecule has 0 unspecified atom stereocenters. The molecule has 3 N–H and O–H groups in total. The lowest BCUT2D eigenvalue weighted by Crippen LogP contribution is -2.92. The van der Waals surface area contributed by atoms with Gasteiger partial charge in [-0.15, -0.1) is 0 Å². The highest BCUT2D eigenvalue weighted by atomic mass is 35.5. The molecular formula is C20H19ClFN2O2+. The third-order valence-corrected chi connectivity index (χ3v) is 4.40. The molecule has 1 aromatic heterocycles. The maximum atomic E-state index is 13.1. The molecule has 134 valence electrons. The molecule has 3 aromatic rings. The topological polar surface area (TPSA) is 58.9 Å². The number of hydrogen-bond acceptors (Lipinski definition) is 2. The molecule has 0 spiro atoms. The van der Waals surface area contributed by atoms with Crippen molar-refractivity contribution in [2.45, 2.75) is 19.0 Å². The van der Waals surface area contributed by atoms with Crippen LogP contribution in [0.3, 0.4) is 0 Å². The van der Waals surface area contributed by atoms with Crippen molar-refractivity contribution >= 4 is 23.2 Å². The maximum absolute atomic E-state index is 13.1. The van der Waals surface area contributed by atoms with E-state index in [1.165, 1.54) is 18.2 Å². The lowest BCUT2D eigenvalue weighted by molar-refractivity contribution is -0.706. The van der Waals surface area contributed by atoms with Crippen LogP contribution in [0, 0.1) is 5.82 Å². The number of halogens is 2. The van der Waals surface area contributed by atoms with Crippen molar-refractivity contribution in [2.75, 3.05) is 5.32 Å². The first-order valence-electron chi connectivity index (χ1n) is 8.24. The zero-order valence-corrected chi connectivity index (χ0v) is 14.9. The average Bonchev–Trinajstić information content (AvgIpc) is 3.17. The van der Waals surface area contributed by atoms with Crippen molar-refractivity contribution in [3.63, 3.8) is 0 Å². The van der Waals surface area contributed by atoms with Crippen molar-refractivity contribution in [3.8, 4) is 0 Å². The standard InChI is InChI=1S/C20H18ClFN2O2/c1-13(20(25)24-17-10-9-15(22)12-16(17)21)23-19(18-8-5-11-26-18)14-6-3-2-4-7-14/h2-13,19,23H,1H3,(H,24,25)/p+1/t13-,19+/m1/s1. The van der Waals surface area contributed by atoms with E-state index in [4.69, 9.17) is 16.0 Å². The van der Waals surface area contributed by atoms with E-state index in [0.29, 0.717) is 5.69 Å². The van der Waals surface area contributed by atoms with E-state index in [-0.39, 0.29) is 17.0 Å². The number of quaternary nitrogens is 1. The summed E-state index contributed by atoms with van der Waals surface area (Å²) in [5.74, 6) is 0.0798. The molecule has 0 aliphatic carbocycles. The minimum atomic E-state index is -0.449. The van der Waals surface area contributed by atoms with E-state index in [9.17, 15) is 9.18 Å². The van der Waals surface area contributed by atoms with E-state index in [1.54, 1.807) is 13.2 Å². The molecule has 0 aliphatic rings. The first-order chi connectivity index (χ1) is 12.5. The van der Waals surface area contributed by atoms with Crippen LogP contribution in [-0.4, -0.2) is 11.9 Å². The number of rotatable bonds is 6. The van der Waals surface area contributed by atoms with Gasteiger partial charge in [-0.05, 0) is 37.3 Å². The molecule has 0 radical (unpaired) electrons. The number of anilines is 1. The molecule has 1 heterocycles. The van der Waals surface area contributed by atoms with Gasteiger partial charge in [-0.2, -0.15) is 0 Å². The SMILES string of the molecule is C[C@@H]([NH2+][C@@H](c1ccccc1)c1ccco1)C(=O)Nc1ccc(F)cc1Cl. The predicted molar refractivity (Wildman–Crippen MR) is 98.4 cm³/mol. The van der Waals surface area contributed by atoms with Crippen molar-refractivity contribution in [2.24, 2.45) is 0 Å². The first kappa shape index (κ1) is 18.2. The Morgan fingerprint density at radius 1 is 1.15 bits per heavy atom. The fourth-order valence-electron chi connectivity index (χ4n) is 2.71. The summed E-state index contributed by atoms with van der Waals surface area (Å²) in [4.78, 5) is 12.6. The molecule has 4 nitrogen and oxygen atoms in total. The van der Waals surface area contributed by atoms with Crippen molar-refractivity contribution in [1.82, 2.24) is 0 Å². The van der Waals surface area contributed by atoms with Crippen LogP contribution in [0.1, 0.15) is 24.3 Å². The number of furan rings is 1. The molecule has 6 heteroatoms. The Kier molecular flexibility index (Phi) is 5.71. The summed E-state index contributed by atoms with van der Waals surface area (Å²) >= 11 is 5.98. The molecule has 0 saturated heterocycles. The summed E-state index contributed by atoms with van der Waals surface area (Å²) in [6.07, 6.45) is 1.61. The lowest BCUT2D eigenvalue weighted by Gasteiger charge is -2.19. The lowest BCUT2D eigenvalue weighted by atomic mass is 10.0. The van der Waals surface area contributed by atoms with Crippen molar-refractivity contribution < 1.29 is 18.9 Å². The Morgan fingerprint density at radius 2 is 1.92 bits per heavy atom. The van der Waals surface area contributed by atoms with Gasteiger partial charge in [0.2, 0.25) is 0 Å².